The van der Waals surface area contributed by atoms with Crippen LogP contribution in [-0.4, -0.2) is 26.1 Å². The molecule has 25 heavy (non-hydrogen) atoms. The fourth-order valence-electron chi connectivity index (χ4n) is 3.85. The third kappa shape index (κ3) is 2.73. The van der Waals surface area contributed by atoms with Crippen molar-refractivity contribution in [1.29, 1.82) is 0 Å². The number of hydrogen-bond acceptors (Lipinski definition) is 4. The molecule has 0 aromatic carbocycles. The van der Waals surface area contributed by atoms with Gasteiger partial charge in [-0.2, -0.15) is 5.10 Å². The van der Waals surface area contributed by atoms with Crippen molar-refractivity contribution in [2.75, 3.05) is 0 Å². The van der Waals surface area contributed by atoms with Crippen molar-refractivity contribution in [1.82, 2.24) is 19.5 Å². The van der Waals surface area contributed by atoms with Gasteiger partial charge in [0.15, 0.2) is 5.58 Å². The molecule has 4 rings (SSSR count). The van der Waals surface area contributed by atoms with E-state index >= 15 is 0 Å². The zero-order valence-electron chi connectivity index (χ0n) is 14.5. The van der Waals surface area contributed by atoms with Gasteiger partial charge in [0.05, 0.1) is 11.8 Å². The fourth-order valence-corrected chi connectivity index (χ4v) is 3.85. The van der Waals surface area contributed by atoms with Crippen LogP contribution >= 0.6 is 0 Å². The Balaban J connectivity index is 1.62. The summed E-state index contributed by atoms with van der Waals surface area (Å²) in [7, 11) is 0. The minimum Gasteiger partial charge on any atom is -0.463 e. The molecular weight excluding hydrogens is 320 g/mol. The fraction of sp³-hybridized carbons (Fsp3) is 0.500. The van der Waals surface area contributed by atoms with Crippen LogP contribution in [0.3, 0.4) is 0 Å². The Morgan fingerprint density at radius 1 is 1.36 bits per heavy atom. The summed E-state index contributed by atoms with van der Waals surface area (Å²) in [4.78, 5) is 25.1. The maximum absolute atomic E-state index is 12.7. The third-order valence-corrected chi connectivity index (χ3v) is 5.22. The highest BCUT2D eigenvalue weighted by molar-refractivity contribution is 5.82. The highest BCUT2D eigenvalue weighted by atomic mass is 16.3. The lowest BCUT2D eigenvalue weighted by Crippen LogP contribution is -2.44. The van der Waals surface area contributed by atoms with E-state index in [1.54, 1.807) is 22.8 Å². The molecule has 7 heteroatoms. The van der Waals surface area contributed by atoms with Gasteiger partial charge in [0.25, 0.3) is 5.56 Å². The Morgan fingerprint density at radius 2 is 2.16 bits per heavy atom. The van der Waals surface area contributed by atoms with Gasteiger partial charge in [0.1, 0.15) is 17.9 Å². The van der Waals surface area contributed by atoms with Crippen molar-refractivity contribution in [3.05, 3.63) is 34.6 Å². The predicted octanol–water partition coefficient (Wildman–Crippen LogP) is 2.25. The first-order valence-electron chi connectivity index (χ1n) is 8.80. The number of carbonyl (C=O) groups is 1. The van der Waals surface area contributed by atoms with Gasteiger partial charge in [0, 0.05) is 18.2 Å². The molecule has 3 heterocycles. The summed E-state index contributed by atoms with van der Waals surface area (Å²) in [6, 6.07) is 3.69. The molecule has 0 bridgehead atoms. The van der Waals surface area contributed by atoms with Crippen LogP contribution in [0.15, 0.2) is 27.6 Å². The van der Waals surface area contributed by atoms with E-state index in [1.165, 1.54) is 11.1 Å². The standard InChI is InChI=1S/C18H22N4O3/c1-11-5-3-4-6-13(11)19-17(23)10-21-18(24)15-9-16-14(7-8-25-16)22(15)12(2)20-21/h7-9,11,13H,3-6,10H2,1-2H3,(H,19,23)/t11-,13+/m1/s1. The average molecular weight is 342 g/mol. The van der Waals surface area contributed by atoms with Gasteiger partial charge in [-0.1, -0.05) is 19.8 Å². The summed E-state index contributed by atoms with van der Waals surface area (Å²) in [5.74, 6) is 0.960. The molecule has 1 aliphatic carbocycles. The number of aryl methyl sites for hydroxylation is 1. The van der Waals surface area contributed by atoms with E-state index in [0.29, 0.717) is 22.8 Å². The molecule has 1 aliphatic rings. The zero-order valence-corrected chi connectivity index (χ0v) is 14.5. The van der Waals surface area contributed by atoms with Crippen molar-refractivity contribution in [2.45, 2.75) is 52.1 Å². The highest BCUT2D eigenvalue weighted by Gasteiger charge is 2.23. The summed E-state index contributed by atoms with van der Waals surface area (Å²) in [5.41, 5.74) is 1.63. The average Bonchev–Trinajstić information content (AvgIpc) is 3.15. The van der Waals surface area contributed by atoms with E-state index in [1.807, 2.05) is 6.92 Å². The van der Waals surface area contributed by atoms with Gasteiger partial charge in [-0.25, -0.2) is 4.68 Å². The van der Waals surface area contributed by atoms with E-state index in [4.69, 9.17) is 4.42 Å². The van der Waals surface area contributed by atoms with E-state index in [-0.39, 0.29) is 24.1 Å². The van der Waals surface area contributed by atoms with Gasteiger partial charge in [0.2, 0.25) is 5.91 Å². The van der Waals surface area contributed by atoms with Crippen LogP contribution in [0.5, 0.6) is 0 Å². The van der Waals surface area contributed by atoms with Gasteiger partial charge in [-0.05, 0) is 25.7 Å². The zero-order chi connectivity index (χ0) is 17.6. The second-order valence-corrected chi connectivity index (χ2v) is 6.98. The molecule has 3 aromatic heterocycles. The lowest BCUT2D eigenvalue weighted by Gasteiger charge is -2.29. The maximum atomic E-state index is 12.7. The summed E-state index contributed by atoms with van der Waals surface area (Å²) in [6.45, 7) is 3.92. The first-order valence-corrected chi connectivity index (χ1v) is 8.80. The van der Waals surface area contributed by atoms with Crippen molar-refractivity contribution in [3.63, 3.8) is 0 Å². The molecule has 0 unspecified atom stereocenters. The molecule has 0 spiro atoms. The molecule has 0 radical (unpaired) electrons. The molecule has 2 atom stereocenters. The summed E-state index contributed by atoms with van der Waals surface area (Å²) in [6.07, 6.45) is 6.09. The lowest BCUT2D eigenvalue weighted by molar-refractivity contribution is -0.123. The first-order chi connectivity index (χ1) is 12.0. The highest BCUT2D eigenvalue weighted by Crippen LogP contribution is 2.23. The van der Waals surface area contributed by atoms with E-state index in [9.17, 15) is 9.59 Å². The topological polar surface area (TPSA) is 81.5 Å². The van der Waals surface area contributed by atoms with Gasteiger partial charge >= 0.3 is 0 Å². The van der Waals surface area contributed by atoms with Crippen LogP contribution < -0.4 is 10.9 Å². The Kier molecular flexibility index (Phi) is 3.86. The molecule has 1 saturated carbocycles. The van der Waals surface area contributed by atoms with Gasteiger partial charge < -0.3 is 9.73 Å². The normalized spacial score (nSPS) is 21.0. The number of nitrogens with one attached hydrogen (secondary N) is 1. The number of hydrogen-bond donors (Lipinski definition) is 1. The molecule has 132 valence electrons. The molecule has 1 N–H and O–H groups in total. The van der Waals surface area contributed by atoms with E-state index < -0.39 is 0 Å². The first kappa shape index (κ1) is 15.9. The second-order valence-electron chi connectivity index (χ2n) is 6.98. The lowest BCUT2D eigenvalue weighted by atomic mass is 9.86. The Hall–Kier alpha value is -2.57. The summed E-state index contributed by atoms with van der Waals surface area (Å²) >= 11 is 0. The van der Waals surface area contributed by atoms with Crippen LogP contribution in [0.25, 0.3) is 16.6 Å². The second kappa shape index (κ2) is 6.06. The molecule has 1 fully saturated rings. The van der Waals surface area contributed by atoms with Crippen molar-refractivity contribution in [3.8, 4) is 0 Å². The maximum Gasteiger partial charge on any atom is 0.291 e. The molecule has 0 saturated heterocycles. The Labute approximate surface area is 144 Å². The number of nitrogens with zero attached hydrogens (tertiary/aromatic N) is 3. The molecule has 7 nitrogen and oxygen atoms in total. The third-order valence-electron chi connectivity index (χ3n) is 5.22. The largest absolute Gasteiger partial charge is 0.463 e. The number of fused-ring (bicyclic) bond motifs is 3. The molecule has 1 amide bonds. The Bertz CT molecular complexity index is 997. The quantitative estimate of drug-likeness (QED) is 0.791. The smallest absolute Gasteiger partial charge is 0.291 e. The molecule has 0 aliphatic heterocycles. The minimum absolute atomic E-state index is 0.0636. The van der Waals surface area contributed by atoms with Gasteiger partial charge in [-0.3, -0.25) is 14.0 Å². The van der Waals surface area contributed by atoms with Crippen LogP contribution in [0.2, 0.25) is 0 Å². The predicted molar refractivity (Wildman–Crippen MR) is 93.5 cm³/mol. The number of furan rings is 1. The number of rotatable bonds is 3. The van der Waals surface area contributed by atoms with Crippen LogP contribution in [0.4, 0.5) is 0 Å². The van der Waals surface area contributed by atoms with Crippen molar-refractivity contribution < 1.29 is 9.21 Å². The molecule has 3 aromatic rings. The van der Waals surface area contributed by atoms with Gasteiger partial charge in [-0.15, -0.1) is 0 Å². The van der Waals surface area contributed by atoms with Crippen molar-refractivity contribution >= 4 is 22.5 Å². The monoisotopic (exact) mass is 342 g/mol. The minimum atomic E-state index is -0.288. The summed E-state index contributed by atoms with van der Waals surface area (Å²) in [5, 5.41) is 7.39. The van der Waals surface area contributed by atoms with E-state index in [0.717, 1.165) is 24.8 Å². The number of carbonyl (C=O) groups excluding carboxylic acids is 1. The van der Waals surface area contributed by atoms with Crippen LogP contribution in [0, 0.1) is 12.8 Å². The van der Waals surface area contributed by atoms with Crippen molar-refractivity contribution in [2.24, 2.45) is 5.92 Å². The Morgan fingerprint density at radius 3 is 2.96 bits per heavy atom. The molecular formula is C18H22N4O3. The summed E-state index contributed by atoms with van der Waals surface area (Å²) < 4.78 is 8.38. The number of amides is 1. The number of aromatic nitrogens is 3. The van der Waals surface area contributed by atoms with E-state index in [2.05, 4.69) is 17.3 Å². The van der Waals surface area contributed by atoms with Crippen LogP contribution in [-0.2, 0) is 11.3 Å². The SMILES string of the molecule is Cc1nn(CC(=O)N[C@H]2CCCC[C@H]2C)c(=O)c2cc3occc3n12. The van der Waals surface area contributed by atoms with Crippen LogP contribution in [0.1, 0.15) is 38.4 Å².